The predicted octanol–water partition coefficient (Wildman–Crippen LogP) is 1.91. The number of carbonyl (C=O) groups excluding carboxylic acids is 1. The van der Waals surface area contributed by atoms with Crippen LogP contribution >= 0.6 is 12.4 Å². The van der Waals surface area contributed by atoms with Gasteiger partial charge in [-0.3, -0.25) is 9.69 Å². The molecule has 0 radical (unpaired) electrons. The number of rotatable bonds is 5. The molecule has 0 saturated carbocycles. The van der Waals surface area contributed by atoms with Gasteiger partial charge in [0, 0.05) is 18.2 Å². The van der Waals surface area contributed by atoms with Gasteiger partial charge < -0.3 is 11.5 Å². The highest BCUT2D eigenvalue weighted by molar-refractivity contribution is 5.92. The van der Waals surface area contributed by atoms with Crippen molar-refractivity contribution in [1.29, 1.82) is 0 Å². The number of benzene rings is 1. The summed E-state index contributed by atoms with van der Waals surface area (Å²) in [6.45, 7) is 2.83. The quantitative estimate of drug-likeness (QED) is 0.872. The molecule has 1 fully saturated rings. The fraction of sp³-hybridized carbons (Fsp3) is 0.533. The number of halogens is 1. The summed E-state index contributed by atoms with van der Waals surface area (Å²) >= 11 is 0. The summed E-state index contributed by atoms with van der Waals surface area (Å²) < 4.78 is 0. The molecule has 1 atom stereocenters. The minimum atomic E-state index is -0.370. The summed E-state index contributed by atoms with van der Waals surface area (Å²) in [6, 6.07) is 8.20. The highest BCUT2D eigenvalue weighted by atomic mass is 35.5. The second-order valence-electron chi connectivity index (χ2n) is 5.26. The summed E-state index contributed by atoms with van der Waals surface area (Å²) in [4.78, 5) is 13.5. The van der Waals surface area contributed by atoms with Gasteiger partial charge in [-0.1, -0.05) is 18.6 Å². The van der Waals surface area contributed by atoms with Crippen molar-refractivity contribution in [1.82, 2.24) is 4.90 Å². The van der Waals surface area contributed by atoms with E-state index >= 15 is 0 Å². The molecule has 0 spiro atoms. The van der Waals surface area contributed by atoms with Gasteiger partial charge in [0.05, 0.1) is 0 Å². The molecule has 1 aromatic carbocycles. The first-order valence-electron chi connectivity index (χ1n) is 7.03. The number of likely N-dealkylation sites (tertiary alicyclic amines) is 1. The molecule has 0 aromatic heterocycles. The molecule has 4 nitrogen and oxygen atoms in total. The molecule has 1 aliphatic heterocycles. The average molecular weight is 298 g/mol. The molecule has 1 unspecified atom stereocenters. The van der Waals surface area contributed by atoms with Crippen LogP contribution in [0.15, 0.2) is 24.3 Å². The van der Waals surface area contributed by atoms with Gasteiger partial charge in [0.2, 0.25) is 5.91 Å². The number of hydrogen-bond donors (Lipinski definition) is 2. The fourth-order valence-corrected chi connectivity index (χ4v) is 2.80. The Morgan fingerprint density at radius 1 is 1.25 bits per heavy atom. The van der Waals surface area contributed by atoms with E-state index in [1.807, 2.05) is 12.1 Å². The number of piperidine rings is 1. The van der Waals surface area contributed by atoms with Crippen molar-refractivity contribution in [3.8, 4) is 0 Å². The third-order valence-corrected chi connectivity index (χ3v) is 3.87. The minimum absolute atomic E-state index is 0. The van der Waals surface area contributed by atoms with Crippen LogP contribution in [-0.4, -0.2) is 29.9 Å². The van der Waals surface area contributed by atoms with Crippen LogP contribution in [0, 0.1) is 0 Å². The van der Waals surface area contributed by atoms with Crippen LogP contribution in [0.25, 0.3) is 0 Å². The first kappa shape index (κ1) is 17.0. The van der Waals surface area contributed by atoms with Gasteiger partial charge in [0.25, 0.3) is 0 Å². The number of hydrogen-bond acceptors (Lipinski definition) is 3. The van der Waals surface area contributed by atoms with Crippen molar-refractivity contribution in [2.24, 2.45) is 11.5 Å². The standard InChI is InChI=1S/C15H23N3O.ClH/c16-9-8-14-3-1-2-10-18(14)11-12-4-6-13(7-5-12)15(17)19;/h4-7,14H,1-3,8-11,16H2,(H2,17,19);1H. The Bertz CT molecular complexity index is 420. The lowest BCUT2D eigenvalue weighted by Gasteiger charge is -2.35. The first-order chi connectivity index (χ1) is 9.20. The summed E-state index contributed by atoms with van der Waals surface area (Å²) in [5.41, 5.74) is 12.7. The van der Waals surface area contributed by atoms with Gasteiger partial charge in [-0.05, 0) is 50.0 Å². The van der Waals surface area contributed by atoms with Crippen LogP contribution in [0.5, 0.6) is 0 Å². The van der Waals surface area contributed by atoms with Gasteiger partial charge in [0.15, 0.2) is 0 Å². The van der Waals surface area contributed by atoms with Crippen molar-refractivity contribution in [3.63, 3.8) is 0 Å². The number of nitrogens with zero attached hydrogens (tertiary/aromatic N) is 1. The molecule has 2 rings (SSSR count). The van der Waals surface area contributed by atoms with E-state index in [-0.39, 0.29) is 18.3 Å². The van der Waals surface area contributed by atoms with Gasteiger partial charge in [-0.2, -0.15) is 0 Å². The monoisotopic (exact) mass is 297 g/mol. The molecule has 112 valence electrons. The van der Waals surface area contributed by atoms with E-state index in [4.69, 9.17) is 11.5 Å². The number of carbonyl (C=O) groups is 1. The zero-order valence-corrected chi connectivity index (χ0v) is 12.6. The molecular weight excluding hydrogens is 274 g/mol. The summed E-state index contributed by atoms with van der Waals surface area (Å²) in [7, 11) is 0. The fourth-order valence-electron chi connectivity index (χ4n) is 2.80. The highest BCUT2D eigenvalue weighted by Gasteiger charge is 2.21. The third kappa shape index (κ3) is 4.47. The summed E-state index contributed by atoms with van der Waals surface area (Å²) in [6.07, 6.45) is 4.89. The van der Waals surface area contributed by atoms with Gasteiger partial charge >= 0.3 is 0 Å². The van der Waals surface area contributed by atoms with Crippen molar-refractivity contribution < 1.29 is 4.79 Å². The Hall–Kier alpha value is -1.10. The van der Waals surface area contributed by atoms with Crippen LogP contribution in [-0.2, 0) is 6.54 Å². The molecule has 1 aromatic rings. The Labute approximate surface area is 126 Å². The Morgan fingerprint density at radius 2 is 1.95 bits per heavy atom. The SMILES string of the molecule is Cl.NCCC1CCCCN1Cc1ccc(C(N)=O)cc1. The molecule has 5 heteroatoms. The minimum Gasteiger partial charge on any atom is -0.366 e. The van der Waals surface area contributed by atoms with E-state index in [0.717, 1.165) is 26.1 Å². The Balaban J connectivity index is 0.00000200. The van der Waals surface area contributed by atoms with E-state index in [1.165, 1.54) is 24.8 Å². The van der Waals surface area contributed by atoms with E-state index in [1.54, 1.807) is 12.1 Å². The normalized spacial score (nSPS) is 19.4. The molecule has 20 heavy (non-hydrogen) atoms. The summed E-state index contributed by atoms with van der Waals surface area (Å²) in [5, 5.41) is 0. The molecule has 4 N–H and O–H groups in total. The van der Waals surface area contributed by atoms with E-state index in [0.29, 0.717) is 11.6 Å². The van der Waals surface area contributed by atoms with E-state index in [2.05, 4.69) is 4.90 Å². The van der Waals surface area contributed by atoms with Gasteiger partial charge in [-0.25, -0.2) is 0 Å². The van der Waals surface area contributed by atoms with Crippen molar-refractivity contribution in [2.45, 2.75) is 38.3 Å². The predicted molar refractivity (Wildman–Crippen MR) is 83.9 cm³/mol. The average Bonchev–Trinajstić information content (AvgIpc) is 2.42. The van der Waals surface area contributed by atoms with E-state index < -0.39 is 0 Å². The molecule has 1 heterocycles. The highest BCUT2D eigenvalue weighted by Crippen LogP contribution is 2.21. The first-order valence-corrected chi connectivity index (χ1v) is 7.03. The third-order valence-electron chi connectivity index (χ3n) is 3.87. The van der Waals surface area contributed by atoms with Crippen molar-refractivity contribution in [2.75, 3.05) is 13.1 Å². The number of amides is 1. The van der Waals surface area contributed by atoms with Gasteiger partial charge in [-0.15, -0.1) is 12.4 Å². The smallest absolute Gasteiger partial charge is 0.248 e. The van der Waals surface area contributed by atoms with Crippen molar-refractivity contribution in [3.05, 3.63) is 35.4 Å². The molecular formula is C15H24ClN3O. The second-order valence-corrected chi connectivity index (χ2v) is 5.26. The van der Waals surface area contributed by atoms with E-state index in [9.17, 15) is 4.79 Å². The van der Waals surface area contributed by atoms with Crippen molar-refractivity contribution >= 4 is 18.3 Å². The molecule has 1 aliphatic rings. The maximum atomic E-state index is 11.0. The molecule has 0 aliphatic carbocycles. The number of nitrogens with two attached hydrogens (primary N) is 2. The Kier molecular flexibility index (Phi) is 6.99. The zero-order chi connectivity index (χ0) is 13.7. The maximum Gasteiger partial charge on any atom is 0.248 e. The zero-order valence-electron chi connectivity index (χ0n) is 11.8. The lowest BCUT2D eigenvalue weighted by molar-refractivity contribution is 0.1000. The second kappa shape index (κ2) is 8.25. The van der Waals surface area contributed by atoms with Crippen LogP contribution in [0.3, 0.4) is 0 Å². The summed E-state index contributed by atoms with van der Waals surface area (Å²) in [5.74, 6) is -0.370. The molecule has 0 bridgehead atoms. The van der Waals surface area contributed by atoms with Crippen LogP contribution in [0.4, 0.5) is 0 Å². The van der Waals surface area contributed by atoms with Crippen LogP contribution in [0.1, 0.15) is 41.6 Å². The van der Waals surface area contributed by atoms with Gasteiger partial charge in [0.1, 0.15) is 0 Å². The van der Waals surface area contributed by atoms with Crippen LogP contribution in [0.2, 0.25) is 0 Å². The topological polar surface area (TPSA) is 72.3 Å². The number of primary amides is 1. The molecule has 1 saturated heterocycles. The largest absolute Gasteiger partial charge is 0.366 e. The lowest BCUT2D eigenvalue weighted by Crippen LogP contribution is -2.40. The van der Waals surface area contributed by atoms with Crippen LogP contribution < -0.4 is 11.5 Å². The Morgan fingerprint density at radius 3 is 2.55 bits per heavy atom. The maximum absolute atomic E-state index is 11.0. The lowest BCUT2D eigenvalue weighted by atomic mass is 9.98. The molecule has 1 amide bonds.